The fraction of sp³-hybridized carbons (Fsp3) is 0.0625. The highest BCUT2D eigenvalue weighted by molar-refractivity contribution is 7.22. The lowest BCUT2D eigenvalue weighted by Gasteiger charge is -1.99. The maximum Gasteiger partial charge on any atom is 0.270 e. The van der Waals surface area contributed by atoms with Gasteiger partial charge < -0.3 is 10.6 Å². The third kappa shape index (κ3) is 4.07. The maximum atomic E-state index is 12.3. The minimum atomic E-state index is -0.467. The van der Waals surface area contributed by atoms with Gasteiger partial charge in [-0.1, -0.05) is 11.3 Å². The molecule has 28 heavy (non-hydrogen) atoms. The summed E-state index contributed by atoms with van der Waals surface area (Å²) in [6, 6.07) is 6.09. The van der Waals surface area contributed by atoms with Gasteiger partial charge in [0, 0.05) is 29.9 Å². The molecule has 2 N–H and O–H groups in total. The van der Waals surface area contributed by atoms with Crippen molar-refractivity contribution < 1.29 is 9.72 Å². The van der Waals surface area contributed by atoms with Crippen LogP contribution in [0.2, 0.25) is 0 Å². The molecule has 10 nitrogen and oxygen atoms in total. The Labute approximate surface area is 165 Å². The molecule has 0 saturated carbocycles. The number of non-ortho nitro benzene ring substituents is 1. The molecule has 12 heteroatoms. The van der Waals surface area contributed by atoms with Crippen molar-refractivity contribution in [3.63, 3.8) is 0 Å². The van der Waals surface area contributed by atoms with Crippen LogP contribution in [0, 0.1) is 10.1 Å². The molecule has 0 saturated heterocycles. The lowest BCUT2D eigenvalue weighted by Crippen LogP contribution is -2.14. The lowest BCUT2D eigenvalue weighted by molar-refractivity contribution is -0.384. The number of nitrogens with one attached hydrogen (secondary N) is 2. The largest absolute Gasteiger partial charge is 0.302 e. The summed E-state index contributed by atoms with van der Waals surface area (Å²) in [6.45, 7) is 0. The average Bonchev–Trinajstić information content (AvgIpc) is 3.27. The second-order valence-electron chi connectivity index (χ2n) is 5.49. The standard InChI is InChI=1S/C16H11N7O3S2/c24-13(6-9-8-27-15(19-9)22-14-17-4-1-5-18-14)21-16-20-11-3-2-10(23(25)26)7-12(11)28-16/h1-5,7-8H,6H2,(H,20,21,24)(H,17,18,19,22). The third-order valence-electron chi connectivity index (χ3n) is 3.51. The quantitative estimate of drug-likeness (QED) is 0.363. The molecule has 0 radical (unpaired) electrons. The van der Waals surface area contributed by atoms with Crippen LogP contribution in [-0.4, -0.2) is 30.8 Å². The summed E-state index contributed by atoms with van der Waals surface area (Å²) in [4.78, 5) is 39.4. The monoisotopic (exact) mass is 413 g/mol. The molecule has 4 aromatic rings. The molecule has 4 rings (SSSR count). The van der Waals surface area contributed by atoms with Crippen LogP contribution in [-0.2, 0) is 11.2 Å². The molecule has 3 aromatic heterocycles. The number of rotatable bonds is 6. The van der Waals surface area contributed by atoms with Crippen molar-refractivity contribution in [1.29, 1.82) is 0 Å². The first kappa shape index (κ1) is 17.9. The highest BCUT2D eigenvalue weighted by atomic mass is 32.1. The molecule has 3 heterocycles. The van der Waals surface area contributed by atoms with Crippen molar-refractivity contribution in [2.75, 3.05) is 10.6 Å². The number of carbonyl (C=O) groups is 1. The number of anilines is 3. The number of nitro benzene ring substituents is 1. The van der Waals surface area contributed by atoms with E-state index in [-0.39, 0.29) is 18.0 Å². The van der Waals surface area contributed by atoms with Gasteiger partial charge in [0.05, 0.1) is 27.3 Å². The van der Waals surface area contributed by atoms with Crippen LogP contribution in [0.3, 0.4) is 0 Å². The van der Waals surface area contributed by atoms with Gasteiger partial charge in [0.25, 0.3) is 5.69 Å². The van der Waals surface area contributed by atoms with E-state index >= 15 is 0 Å². The number of nitro groups is 1. The molecule has 0 fully saturated rings. The molecule has 1 aromatic carbocycles. The molecule has 0 aliphatic rings. The zero-order valence-electron chi connectivity index (χ0n) is 14.0. The Morgan fingerprint density at radius 2 is 2.00 bits per heavy atom. The van der Waals surface area contributed by atoms with E-state index in [0.717, 1.165) is 0 Å². The maximum absolute atomic E-state index is 12.3. The summed E-state index contributed by atoms with van der Waals surface area (Å²) < 4.78 is 0.632. The van der Waals surface area contributed by atoms with Crippen molar-refractivity contribution in [2.24, 2.45) is 0 Å². The Morgan fingerprint density at radius 1 is 1.18 bits per heavy atom. The second kappa shape index (κ2) is 7.62. The highest BCUT2D eigenvalue weighted by Gasteiger charge is 2.13. The number of thiazole rings is 2. The highest BCUT2D eigenvalue weighted by Crippen LogP contribution is 2.29. The van der Waals surface area contributed by atoms with Gasteiger partial charge >= 0.3 is 0 Å². The molecule has 0 aliphatic carbocycles. The first-order chi connectivity index (χ1) is 13.6. The molecular weight excluding hydrogens is 402 g/mol. The number of benzene rings is 1. The van der Waals surface area contributed by atoms with Gasteiger partial charge in [0.15, 0.2) is 10.3 Å². The fourth-order valence-corrected chi connectivity index (χ4v) is 3.93. The summed E-state index contributed by atoms with van der Waals surface area (Å²) in [5, 5.41) is 19.3. The number of amides is 1. The van der Waals surface area contributed by atoms with E-state index in [1.54, 1.807) is 29.9 Å². The average molecular weight is 413 g/mol. The summed E-state index contributed by atoms with van der Waals surface area (Å²) in [5.41, 5.74) is 1.17. The van der Waals surface area contributed by atoms with Crippen molar-refractivity contribution in [3.05, 3.63) is 57.8 Å². The Bertz CT molecular complexity index is 1160. The van der Waals surface area contributed by atoms with Gasteiger partial charge in [0.2, 0.25) is 11.9 Å². The fourth-order valence-electron chi connectivity index (χ4n) is 2.31. The lowest BCUT2D eigenvalue weighted by atomic mass is 10.3. The number of hydrogen-bond acceptors (Lipinski definition) is 10. The van der Waals surface area contributed by atoms with E-state index in [4.69, 9.17) is 0 Å². The van der Waals surface area contributed by atoms with Crippen molar-refractivity contribution in [1.82, 2.24) is 19.9 Å². The molecule has 0 bridgehead atoms. The van der Waals surface area contributed by atoms with Crippen LogP contribution < -0.4 is 10.6 Å². The number of aromatic nitrogens is 4. The number of nitrogens with zero attached hydrogens (tertiary/aromatic N) is 5. The zero-order chi connectivity index (χ0) is 19.5. The van der Waals surface area contributed by atoms with Gasteiger partial charge in [-0.2, -0.15) is 0 Å². The van der Waals surface area contributed by atoms with Crippen LogP contribution >= 0.6 is 22.7 Å². The Balaban J connectivity index is 1.40. The Hall–Kier alpha value is -3.51. The van der Waals surface area contributed by atoms with Crippen molar-refractivity contribution in [2.45, 2.75) is 6.42 Å². The minimum absolute atomic E-state index is 0.0149. The van der Waals surface area contributed by atoms with E-state index in [1.165, 1.54) is 34.8 Å². The smallest absolute Gasteiger partial charge is 0.270 e. The first-order valence-corrected chi connectivity index (χ1v) is 9.60. The molecular formula is C16H11N7O3S2. The third-order valence-corrected chi connectivity index (χ3v) is 5.25. The summed E-state index contributed by atoms with van der Waals surface area (Å²) in [7, 11) is 0. The molecule has 0 atom stereocenters. The molecule has 0 unspecified atom stereocenters. The van der Waals surface area contributed by atoms with Crippen molar-refractivity contribution >= 4 is 60.7 Å². The van der Waals surface area contributed by atoms with Gasteiger partial charge in [-0.05, 0) is 12.1 Å². The van der Waals surface area contributed by atoms with Crippen LogP contribution in [0.25, 0.3) is 10.2 Å². The minimum Gasteiger partial charge on any atom is -0.302 e. The van der Waals surface area contributed by atoms with E-state index in [1.807, 2.05) is 0 Å². The predicted molar refractivity (Wildman–Crippen MR) is 106 cm³/mol. The topological polar surface area (TPSA) is 136 Å². The Morgan fingerprint density at radius 3 is 2.79 bits per heavy atom. The molecule has 0 spiro atoms. The zero-order valence-corrected chi connectivity index (χ0v) is 15.7. The van der Waals surface area contributed by atoms with Crippen LogP contribution in [0.15, 0.2) is 42.0 Å². The Kier molecular flexibility index (Phi) is 4.87. The van der Waals surface area contributed by atoms with Gasteiger partial charge in [-0.3, -0.25) is 14.9 Å². The summed E-state index contributed by atoms with van der Waals surface area (Å²) >= 11 is 2.52. The second-order valence-corrected chi connectivity index (χ2v) is 7.38. The molecule has 140 valence electrons. The number of hydrogen-bond donors (Lipinski definition) is 2. The van der Waals surface area contributed by atoms with Gasteiger partial charge in [-0.15, -0.1) is 11.3 Å². The van der Waals surface area contributed by atoms with E-state index in [9.17, 15) is 14.9 Å². The van der Waals surface area contributed by atoms with E-state index in [0.29, 0.717) is 32.1 Å². The van der Waals surface area contributed by atoms with Gasteiger partial charge in [-0.25, -0.2) is 19.9 Å². The summed E-state index contributed by atoms with van der Waals surface area (Å²) in [5.74, 6) is 0.151. The van der Waals surface area contributed by atoms with Crippen LogP contribution in [0.1, 0.15) is 5.69 Å². The first-order valence-electron chi connectivity index (χ1n) is 7.90. The van der Waals surface area contributed by atoms with E-state index in [2.05, 4.69) is 30.6 Å². The SMILES string of the molecule is O=C(Cc1csc(Nc2ncccn2)n1)Nc1nc2ccc([N+](=O)[O-])cc2s1. The molecule has 0 aliphatic heterocycles. The normalized spacial score (nSPS) is 10.7. The van der Waals surface area contributed by atoms with Crippen LogP contribution in [0.4, 0.5) is 21.9 Å². The number of fused-ring (bicyclic) bond motifs is 1. The van der Waals surface area contributed by atoms with Gasteiger partial charge in [0.1, 0.15) is 0 Å². The predicted octanol–water partition coefficient (Wildman–Crippen LogP) is 3.38. The number of carbonyl (C=O) groups excluding carboxylic acids is 1. The van der Waals surface area contributed by atoms with Crippen molar-refractivity contribution in [3.8, 4) is 0 Å². The summed E-state index contributed by atoms with van der Waals surface area (Å²) in [6.07, 6.45) is 3.30. The van der Waals surface area contributed by atoms with Crippen LogP contribution in [0.5, 0.6) is 0 Å². The van der Waals surface area contributed by atoms with E-state index < -0.39 is 4.92 Å². The molecule has 1 amide bonds.